The van der Waals surface area contributed by atoms with Crippen LogP contribution in [-0.4, -0.2) is 0 Å². The lowest BCUT2D eigenvalue weighted by Gasteiger charge is -1.90. The van der Waals surface area contributed by atoms with Crippen LogP contribution in [0, 0.1) is 6.42 Å². The Balaban J connectivity index is 3.17. The summed E-state index contributed by atoms with van der Waals surface area (Å²) in [6.45, 7) is 6.28. The van der Waals surface area contributed by atoms with Crippen LogP contribution in [0.5, 0.6) is 0 Å². The molecule has 0 rings (SSSR count). The standard InChI is InChI=1S/C7H13/c1-4-6-7(3)5-2/h4-5H,6H2,1-3H3/b7-5+. The summed E-state index contributed by atoms with van der Waals surface area (Å²) in [4.78, 5) is 0. The van der Waals surface area contributed by atoms with E-state index in [-0.39, 0.29) is 0 Å². The molecule has 0 bridgehead atoms. The van der Waals surface area contributed by atoms with Crippen LogP contribution >= 0.6 is 0 Å². The molecular formula is C7H13. The van der Waals surface area contributed by atoms with Crippen LogP contribution in [0.25, 0.3) is 0 Å². The van der Waals surface area contributed by atoms with Crippen LogP contribution in [0.1, 0.15) is 27.2 Å². The van der Waals surface area contributed by atoms with E-state index in [0.717, 1.165) is 6.42 Å². The molecule has 0 aliphatic carbocycles. The maximum atomic E-state index is 2.16. The van der Waals surface area contributed by atoms with E-state index >= 15 is 0 Å². The highest BCUT2D eigenvalue weighted by molar-refractivity contribution is 4.98. The lowest BCUT2D eigenvalue weighted by Crippen LogP contribution is -1.71. The molecule has 0 unspecified atom stereocenters. The van der Waals surface area contributed by atoms with Gasteiger partial charge in [-0.05, 0) is 26.7 Å². The summed E-state index contributed by atoms with van der Waals surface area (Å²) in [6, 6.07) is 0. The molecule has 0 amide bonds. The first-order chi connectivity index (χ1) is 3.31. The molecule has 41 valence electrons. The number of hydrogen-bond donors (Lipinski definition) is 0. The summed E-state index contributed by atoms with van der Waals surface area (Å²) >= 11 is 0. The SMILES string of the molecule is C[CH]C/C(C)=C/C. The zero-order valence-electron chi connectivity index (χ0n) is 5.36. The molecule has 0 fully saturated rings. The first-order valence-electron chi connectivity index (χ1n) is 2.71. The number of rotatable bonds is 2. The van der Waals surface area contributed by atoms with Crippen LogP contribution in [0.2, 0.25) is 0 Å². The summed E-state index contributed by atoms with van der Waals surface area (Å²) in [5, 5.41) is 0. The molecule has 1 radical (unpaired) electrons. The largest absolute Gasteiger partial charge is 0.0887 e. The topological polar surface area (TPSA) is 0 Å². The van der Waals surface area contributed by atoms with Crippen molar-refractivity contribution in [2.24, 2.45) is 0 Å². The second-order valence-corrected chi connectivity index (χ2v) is 1.75. The molecule has 0 aromatic carbocycles. The van der Waals surface area contributed by atoms with E-state index < -0.39 is 0 Å². The number of allylic oxidation sites excluding steroid dienone is 2. The molecule has 0 N–H and O–H groups in total. The molecule has 0 heterocycles. The van der Waals surface area contributed by atoms with Crippen molar-refractivity contribution in [3.63, 3.8) is 0 Å². The van der Waals surface area contributed by atoms with Gasteiger partial charge < -0.3 is 0 Å². The highest BCUT2D eigenvalue weighted by atomic mass is 13.9. The average Bonchev–Trinajstić information content (AvgIpc) is 1.68. The summed E-state index contributed by atoms with van der Waals surface area (Å²) < 4.78 is 0. The van der Waals surface area contributed by atoms with Gasteiger partial charge in [0.15, 0.2) is 0 Å². The van der Waals surface area contributed by atoms with Crippen molar-refractivity contribution in [2.45, 2.75) is 27.2 Å². The Labute approximate surface area is 46.2 Å². The fourth-order valence-corrected chi connectivity index (χ4v) is 0.440. The molecular weight excluding hydrogens is 84.1 g/mol. The van der Waals surface area contributed by atoms with E-state index in [1.54, 1.807) is 0 Å². The molecule has 7 heavy (non-hydrogen) atoms. The van der Waals surface area contributed by atoms with Gasteiger partial charge in [-0.2, -0.15) is 0 Å². The zero-order chi connectivity index (χ0) is 5.70. The normalized spacial score (nSPS) is 12.1. The minimum absolute atomic E-state index is 1.14. The van der Waals surface area contributed by atoms with Gasteiger partial charge in [-0.1, -0.05) is 18.6 Å². The lowest BCUT2D eigenvalue weighted by molar-refractivity contribution is 1.10. The van der Waals surface area contributed by atoms with Crippen molar-refractivity contribution in [3.05, 3.63) is 18.1 Å². The quantitative estimate of drug-likeness (QED) is 0.464. The van der Waals surface area contributed by atoms with Crippen molar-refractivity contribution in [1.29, 1.82) is 0 Å². The molecule has 0 aliphatic rings. The van der Waals surface area contributed by atoms with Gasteiger partial charge >= 0.3 is 0 Å². The second-order valence-electron chi connectivity index (χ2n) is 1.75. The van der Waals surface area contributed by atoms with Gasteiger partial charge in [0.2, 0.25) is 0 Å². The molecule has 0 aromatic heterocycles. The van der Waals surface area contributed by atoms with Crippen molar-refractivity contribution >= 4 is 0 Å². The molecule has 0 aromatic rings. The highest BCUT2D eigenvalue weighted by Crippen LogP contribution is 1.99. The third-order valence-corrected chi connectivity index (χ3v) is 1.02. The smallest absolute Gasteiger partial charge is 0.0295 e. The van der Waals surface area contributed by atoms with Crippen LogP contribution in [0.3, 0.4) is 0 Å². The zero-order valence-corrected chi connectivity index (χ0v) is 5.36. The maximum absolute atomic E-state index is 2.16. The first-order valence-corrected chi connectivity index (χ1v) is 2.71. The van der Waals surface area contributed by atoms with E-state index in [1.165, 1.54) is 5.57 Å². The van der Waals surface area contributed by atoms with Gasteiger partial charge in [-0.15, -0.1) is 0 Å². The van der Waals surface area contributed by atoms with Gasteiger partial charge in [0.1, 0.15) is 0 Å². The van der Waals surface area contributed by atoms with Crippen molar-refractivity contribution < 1.29 is 0 Å². The Morgan fingerprint density at radius 3 is 2.14 bits per heavy atom. The molecule has 0 spiro atoms. The Bertz CT molecular complexity index is 60.4. The predicted molar refractivity (Wildman–Crippen MR) is 34.0 cm³/mol. The van der Waals surface area contributed by atoms with E-state index in [0.29, 0.717) is 0 Å². The van der Waals surface area contributed by atoms with E-state index in [9.17, 15) is 0 Å². The van der Waals surface area contributed by atoms with Gasteiger partial charge in [-0.25, -0.2) is 0 Å². The summed E-state index contributed by atoms with van der Waals surface area (Å²) in [5.74, 6) is 0. The van der Waals surface area contributed by atoms with Crippen LogP contribution in [0.15, 0.2) is 11.6 Å². The highest BCUT2D eigenvalue weighted by Gasteiger charge is 1.80. The van der Waals surface area contributed by atoms with Crippen LogP contribution < -0.4 is 0 Å². The van der Waals surface area contributed by atoms with Gasteiger partial charge in [-0.3, -0.25) is 0 Å². The van der Waals surface area contributed by atoms with Crippen molar-refractivity contribution in [3.8, 4) is 0 Å². The van der Waals surface area contributed by atoms with Crippen LogP contribution in [-0.2, 0) is 0 Å². The summed E-state index contributed by atoms with van der Waals surface area (Å²) in [7, 11) is 0. The molecule has 0 atom stereocenters. The molecule has 0 saturated carbocycles. The number of hydrogen-bond acceptors (Lipinski definition) is 0. The van der Waals surface area contributed by atoms with Gasteiger partial charge in [0.05, 0.1) is 0 Å². The van der Waals surface area contributed by atoms with E-state index in [4.69, 9.17) is 0 Å². The fraction of sp³-hybridized carbons (Fsp3) is 0.571. The second kappa shape index (κ2) is 3.91. The molecule has 0 aliphatic heterocycles. The van der Waals surface area contributed by atoms with E-state index in [1.807, 2.05) is 0 Å². The monoisotopic (exact) mass is 97.1 g/mol. The fourth-order valence-electron chi connectivity index (χ4n) is 0.440. The van der Waals surface area contributed by atoms with Crippen molar-refractivity contribution in [2.75, 3.05) is 0 Å². The molecule has 0 saturated heterocycles. The predicted octanol–water partition coefficient (Wildman–Crippen LogP) is 2.57. The Kier molecular flexibility index (Phi) is 3.77. The Morgan fingerprint density at radius 1 is 1.43 bits per heavy atom. The third-order valence-electron chi connectivity index (χ3n) is 1.02. The minimum Gasteiger partial charge on any atom is -0.0887 e. The molecule has 0 heteroatoms. The van der Waals surface area contributed by atoms with Crippen LogP contribution in [0.4, 0.5) is 0 Å². The Morgan fingerprint density at radius 2 is 2.00 bits per heavy atom. The first kappa shape index (κ1) is 6.74. The minimum atomic E-state index is 1.14. The van der Waals surface area contributed by atoms with Gasteiger partial charge in [0.25, 0.3) is 0 Å². The summed E-state index contributed by atoms with van der Waals surface area (Å²) in [6.07, 6.45) is 5.44. The average molecular weight is 97.2 g/mol. The third kappa shape index (κ3) is 3.57. The Hall–Kier alpha value is -0.260. The molecule has 0 nitrogen and oxygen atoms in total. The van der Waals surface area contributed by atoms with Crippen molar-refractivity contribution in [1.82, 2.24) is 0 Å². The van der Waals surface area contributed by atoms with E-state index in [2.05, 4.69) is 33.3 Å². The maximum Gasteiger partial charge on any atom is -0.0295 e. The summed E-state index contributed by atoms with van der Waals surface area (Å²) in [5.41, 5.74) is 1.45. The van der Waals surface area contributed by atoms with Gasteiger partial charge in [0, 0.05) is 0 Å². The lowest BCUT2D eigenvalue weighted by atomic mass is 10.2.